The number of nitrogens with zero attached hydrogens (tertiary/aromatic N) is 2. The fourth-order valence-electron chi connectivity index (χ4n) is 3.06. The molecule has 0 aromatic carbocycles. The standard InChI is InChI=1S/C24H35F4N3OS/c1-7-9-12-29-22(32)20-14-33-23(31-20)17(6)30-21(15(3)4)19(24(26,27)28)13-16(5)10-11-18(25)8-2/h13,16,18,20H,3,6-12,14H2,1-2,4-5H3,(H,29,32)/b19-13+,30-21?. The number of thioether (sulfide) groups is 1. The Labute approximate surface area is 198 Å². The average Bonchev–Trinajstić information content (AvgIpc) is 3.24. The predicted molar refractivity (Wildman–Crippen MR) is 131 cm³/mol. The molecule has 0 radical (unpaired) electrons. The summed E-state index contributed by atoms with van der Waals surface area (Å²) < 4.78 is 55.3. The Morgan fingerprint density at radius 2 is 2.00 bits per heavy atom. The number of alkyl halides is 4. The van der Waals surface area contributed by atoms with E-state index in [2.05, 4.69) is 28.5 Å². The lowest BCUT2D eigenvalue weighted by Gasteiger charge is -2.18. The molecule has 3 unspecified atom stereocenters. The third-order valence-corrected chi connectivity index (χ3v) is 6.17. The van der Waals surface area contributed by atoms with Crippen molar-refractivity contribution >= 4 is 28.4 Å². The first-order chi connectivity index (χ1) is 15.4. The maximum absolute atomic E-state index is 13.9. The number of carbonyl (C=O) groups excluding carboxylic acids is 1. The van der Waals surface area contributed by atoms with E-state index in [4.69, 9.17) is 0 Å². The van der Waals surface area contributed by atoms with Crippen LogP contribution in [0.3, 0.4) is 0 Å². The van der Waals surface area contributed by atoms with Crippen LogP contribution in [0.25, 0.3) is 0 Å². The molecule has 0 spiro atoms. The highest BCUT2D eigenvalue weighted by Gasteiger charge is 2.38. The van der Waals surface area contributed by atoms with Crippen molar-refractivity contribution in [2.24, 2.45) is 15.9 Å². The number of amides is 1. The van der Waals surface area contributed by atoms with Crippen molar-refractivity contribution in [2.45, 2.75) is 78.2 Å². The molecular formula is C24H35F4N3OS. The van der Waals surface area contributed by atoms with Crippen LogP contribution < -0.4 is 5.32 Å². The van der Waals surface area contributed by atoms with Gasteiger partial charge in [0.15, 0.2) is 0 Å². The maximum atomic E-state index is 13.9. The Morgan fingerprint density at radius 1 is 1.33 bits per heavy atom. The van der Waals surface area contributed by atoms with Gasteiger partial charge in [0.25, 0.3) is 0 Å². The lowest BCUT2D eigenvalue weighted by Crippen LogP contribution is -2.34. The van der Waals surface area contributed by atoms with Crippen LogP contribution in [0.1, 0.15) is 59.8 Å². The monoisotopic (exact) mass is 489 g/mol. The molecule has 3 atom stereocenters. The summed E-state index contributed by atoms with van der Waals surface area (Å²) in [4.78, 5) is 20.7. The van der Waals surface area contributed by atoms with Crippen LogP contribution in [0.2, 0.25) is 0 Å². The van der Waals surface area contributed by atoms with Gasteiger partial charge in [-0.2, -0.15) is 13.2 Å². The molecule has 1 N–H and O–H groups in total. The first-order valence-corrected chi connectivity index (χ1v) is 12.2. The fourth-order valence-corrected chi connectivity index (χ4v) is 4.02. The normalized spacial score (nSPS) is 19.2. The van der Waals surface area contributed by atoms with Gasteiger partial charge in [-0.3, -0.25) is 9.79 Å². The summed E-state index contributed by atoms with van der Waals surface area (Å²) in [6, 6.07) is -0.619. The predicted octanol–water partition coefficient (Wildman–Crippen LogP) is 6.60. The van der Waals surface area contributed by atoms with Crippen molar-refractivity contribution in [3.63, 3.8) is 0 Å². The molecule has 0 aromatic rings. The zero-order valence-corrected chi connectivity index (χ0v) is 20.7. The van der Waals surface area contributed by atoms with E-state index in [0.29, 0.717) is 23.8 Å². The van der Waals surface area contributed by atoms with Crippen LogP contribution in [-0.2, 0) is 4.79 Å². The van der Waals surface area contributed by atoms with E-state index in [9.17, 15) is 22.4 Å². The SMILES string of the molecule is C=C(C)C(=NC(=C)C1=NC(C(=O)NCCCC)CS1)/C(=C\C(C)CCC(F)CC)C(F)(F)F. The molecule has 0 aliphatic carbocycles. The van der Waals surface area contributed by atoms with E-state index in [-0.39, 0.29) is 35.7 Å². The summed E-state index contributed by atoms with van der Waals surface area (Å²) in [5, 5.41) is 3.14. The maximum Gasteiger partial charge on any atom is 0.418 e. The van der Waals surface area contributed by atoms with E-state index in [1.165, 1.54) is 18.7 Å². The highest BCUT2D eigenvalue weighted by atomic mass is 32.2. The minimum atomic E-state index is -4.67. The van der Waals surface area contributed by atoms with Crippen LogP contribution in [0.15, 0.2) is 46.1 Å². The van der Waals surface area contributed by atoms with Gasteiger partial charge in [-0.15, -0.1) is 11.8 Å². The topological polar surface area (TPSA) is 53.8 Å². The van der Waals surface area contributed by atoms with Crippen molar-refractivity contribution in [1.29, 1.82) is 0 Å². The van der Waals surface area contributed by atoms with Gasteiger partial charge >= 0.3 is 6.18 Å². The third-order valence-electron chi connectivity index (χ3n) is 5.07. The molecule has 1 amide bonds. The van der Waals surface area contributed by atoms with E-state index in [1.54, 1.807) is 13.8 Å². The van der Waals surface area contributed by atoms with Crippen LogP contribution in [-0.4, -0.2) is 47.4 Å². The zero-order valence-electron chi connectivity index (χ0n) is 19.9. The number of aliphatic imine (C=N–C) groups is 2. The van der Waals surface area contributed by atoms with Gasteiger partial charge in [-0.1, -0.05) is 46.4 Å². The van der Waals surface area contributed by atoms with Gasteiger partial charge in [0.05, 0.1) is 23.2 Å². The molecule has 1 heterocycles. The Balaban J connectivity index is 3.12. The number of hydrogen-bond donors (Lipinski definition) is 1. The van der Waals surface area contributed by atoms with Crippen LogP contribution >= 0.6 is 11.8 Å². The van der Waals surface area contributed by atoms with Crippen LogP contribution in [0.4, 0.5) is 17.6 Å². The van der Waals surface area contributed by atoms with Crippen molar-refractivity contribution in [3.05, 3.63) is 36.1 Å². The molecule has 4 nitrogen and oxygen atoms in total. The number of carbonyl (C=O) groups is 1. The minimum absolute atomic E-state index is 0.0551. The second-order valence-corrected chi connectivity index (χ2v) is 9.24. The summed E-state index contributed by atoms with van der Waals surface area (Å²) in [5.41, 5.74) is -1.07. The Kier molecular flexibility index (Phi) is 12.1. The Morgan fingerprint density at radius 3 is 2.55 bits per heavy atom. The number of hydrogen-bond acceptors (Lipinski definition) is 4. The second kappa shape index (κ2) is 13.7. The van der Waals surface area contributed by atoms with Crippen LogP contribution in [0, 0.1) is 5.92 Å². The number of allylic oxidation sites excluding steroid dienone is 3. The first kappa shape index (κ1) is 29.1. The second-order valence-electron chi connectivity index (χ2n) is 8.23. The van der Waals surface area contributed by atoms with E-state index >= 15 is 0 Å². The number of rotatable bonds is 13. The summed E-state index contributed by atoms with van der Waals surface area (Å²) in [7, 11) is 0. The molecular weight excluding hydrogens is 454 g/mol. The van der Waals surface area contributed by atoms with Crippen molar-refractivity contribution < 1.29 is 22.4 Å². The Hall–Kier alpha value is -1.90. The average molecular weight is 490 g/mol. The highest BCUT2D eigenvalue weighted by Crippen LogP contribution is 2.32. The lowest BCUT2D eigenvalue weighted by molar-refractivity contribution is -0.121. The lowest BCUT2D eigenvalue weighted by atomic mass is 9.95. The molecule has 0 fully saturated rings. The van der Waals surface area contributed by atoms with Gasteiger partial charge in [0.2, 0.25) is 5.91 Å². The van der Waals surface area contributed by atoms with Gasteiger partial charge < -0.3 is 5.32 Å². The smallest absolute Gasteiger partial charge is 0.354 e. The molecule has 0 saturated heterocycles. The van der Waals surface area contributed by atoms with E-state index < -0.39 is 29.9 Å². The molecule has 0 saturated carbocycles. The summed E-state index contributed by atoms with van der Waals surface area (Å²) in [5.74, 6) is -0.338. The number of unbranched alkanes of at least 4 members (excludes halogenated alkanes) is 1. The molecule has 9 heteroatoms. The molecule has 1 rings (SSSR count). The zero-order chi connectivity index (χ0) is 25.2. The molecule has 33 heavy (non-hydrogen) atoms. The number of halogens is 4. The number of nitrogens with one attached hydrogen (secondary N) is 1. The van der Waals surface area contributed by atoms with Gasteiger partial charge in [0.1, 0.15) is 11.1 Å². The van der Waals surface area contributed by atoms with Gasteiger partial charge in [0, 0.05) is 12.3 Å². The molecule has 0 aromatic heterocycles. The molecule has 0 bridgehead atoms. The van der Waals surface area contributed by atoms with Crippen molar-refractivity contribution in [3.8, 4) is 0 Å². The van der Waals surface area contributed by atoms with Gasteiger partial charge in [-0.05, 0) is 44.1 Å². The summed E-state index contributed by atoms with van der Waals surface area (Å²) in [6.45, 7) is 14.8. The molecule has 1 aliphatic rings. The van der Waals surface area contributed by atoms with E-state index in [0.717, 1.165) is 18.9 Å². The van der Waals surface area contributed by atoms with Gasteiger partial charge in [-0.25, -0.2) is 9.38 Å². The molecule has 1 aliphatic heterocycles. The Bertz CT molecular complexity index is 802. The fraction of sp³-hybridized carbons (Fsp3) is 0.625. The minimum Gasteiger partial charge on any atom is -0.354 e. The first-order valence-electron chi connectivity index (χ1n) is 11.3. The quantitative estimate of drug-likeness (QED) is 0.180. The van der Waals surface area contributed by atoms with E-state index in [1.807, 2.05) is 6.92 Å². The summed E-state index contributed by atoms with van der Waals surface area (Å²) >= 11 is 1.24. The largest absolute Gasteiger partial charge is 0.418 e. The third kappa shape index (κ3) is 9.86. The van der Waals surface area contributed by atoms with Crippen molar-refractivity contribution in [1.82, 2.24) is 5.32 Å². The van der Waals surface area contributed by atoms with Crippen molar-refractivity contribution in [2.75, 3.05) is 12.3 Å². The van der Waals surface area contributed by atoms with Crippen LogP contribution in [0.5, 0.6) is 0 Å². The highest BCUT2D eigenvalue weighted by molar-refractivity contribution is 8.14. The summed E-state index contributed by atoms with van der Waals surface area (Å²) in [6.07, 6.45) is -2.00. The molecule has 186 valence electrons.